The average molecular weight is 272 g/mol. The van der Waals surface area contributed by atoms with E-state index >= 15 is 0 Å². The van der Waals surface area contributed by atoms with Crippen LogP contribution < -0.4 is 10.6 Å². The summed E-state index contributed by atoms with van der Waals surface area (Å²) in [5.41, 5.74) is -0.0833. The number of morpholine rings is 1. The predicted octanol–water partition coefficient (Wildman–Crippen LogP) is 0.228. The molecule has 0 saturated carbocycles. The van der Waals surface area contributed by atoms with Crippen molar-refractivity contribution in [1.29, 1.82) is 0 Å². The minimum Gasteiger partial charge on any atom is -0.481 e. The van der Waals surface area contributed by atoms with Gasteiger partial charge in [-0.2, -0.15) is 0 Å². The highest BCUT2D eigenvalue weighted by Crippen LogP contribution is 2.24. The van der Waals surface area contributed by atoms with Crippen molar-refractivity contribution in [3.63, 3.8) is 0 Å². The van der Waals surface area contributed by atoms with Crippen molar-refractivity contribution in [2.75, 3.05) is 26.3 Å². The minimum absolute atomic E-state index is 0.0833. The highest BCUT2D eigenvalue weighted by molar-refractivity contribution is 5.82. The molecule has 1 amide bonds. The normalized spacial score (nSPS) is 21.7. The molecule has 1 fully saturated rings. The Hall–Kier alpha value is -1.14. The third-order valence-electron chi connectivity index (χ3n) is 2.97. The Kier molecular flexibility index (Phi) is 5.75. The second-order valence-electron chi connectivity index (χ2n) is 6.13. The van der Waals surface area contributed by atoms with Gasteiger partial charge < -0.3 is 20.5 Å². The second-order valence-corrected chi connectivity index (χ2v) is 6.13. The van der Waals surface area contributed by atoms with E-state index < -0.39 is 11.9 Å². The van der Waals surface area contributed by atoms with Crippen LogP contribution in [0.1, 0.15) is 27.2 Å². The number of hydrogen-bond donors (Lipinski definition) is 3. The first-order valence-electron chi connectivity index (χ1n) is 6.61. The van der Waals surface area contributed by atoms with Crippen molar-refractivity contribution < 1.29 is 19.4 Å². The number of nitrogens with one attached hydrogen (secondary N) is 2. The smallest absolute Gasteiger partial charge is 0.308 e. The lowest BCUT2D eigenvalue weighted by molar-refractivity contribution is -0.142. The molecule has 2 unspecified atom stereocenters. The number of carbonyl (C=O) groups excluding carboxylic acids is 1. The Morgan fingerprint density at radius 1 is 1.47 bits per heavy atom. The van der Waals surface area contributed by atoms with E-state index in [1.165, 1.54) is 0 Å². The number of carbonyl (C=O) groups is 2. The van der Waals surface area contributed by atoms with Gasteiger partial charge in [0.15, 0.2) is 0 Å². The van der Waals surface area contributed by atoms with Crippen LogP contribution in [0.3, 0.4) is 0 Å². The lowest BCUT2D eigenvalue weighted by Crippen LogP contribution is -2.52. The van der Waals surface area contributed by atoms with Crippen molar-refractivity contribution in [2.45, 2.75) is 33.2 Å². The first kappa shape index (κ1) is 15.9. The van der Waals surface area contributed by atoms with E-state index in [1.54, 1.807) is 0 Å². The van der Waals surface area contributed by atoms with E-state index in [1.807, 2.05) is 20.8 Å². The summed E-state index contributed by atoms with van der Waals surface area (Å²) in [6.45, 7) is 7.70. The first-order chi connectivity index (χ1) is 8.79. The van der Waals surface area contributed by atoms with E-state index in [9.17, 15) is 9.59 Å². The Labute approximate surface area is 113 Å². The molecule has 1 saturated heterocycles. The Balaban J connectivity index is 2.42. The van der Waals surface area contributed by atoms with Gasteiger partial charge in [0, 0.05) is 13.1 Å². The standard InChI is InChI=1S/C13H24N2O4/c1-13(2,3)6-9(12(17)18)7-15-11(16)10-8-19-5-4-14-10/h9-10,14H,4-8H2,1-3H3,(H,15,16)(H,17,18). The van der Waals surface area contributed by atoms with Gasteiger partial charge in [0.25, 0.3) is 0 Å². The van der Waals surface area contributed by atoms with Gasteiger partial charge in [-0.05, 0) is 11.8 Å². The fourth-order valence-corrected chi connectivity index (χ4v) is 2.07. The lowest BCUT2D eigenvalue weighted by atomic mass is 9.84. The summed E-state index contributed by atoms with van der Waals surface area (Å²) in [6.07, 6.45) is 0.525. The summed E-state index contributed by atoms with van der Waals surface area (Å²) >= 11 is 0. The topological polar surface area (TPSA) is 87.7 Å². The Morgan fingerprint density at radius 2 is 2.16 bits per heavy atom. The van der Waals surface area contributed by atoms with Crippen LogP contribution in [0.2, 0.25) is 0 Å². The SMILES string of the molecule is CC(C)(C)CC(CNC(=O)C1COCCN1)C(=O)O. The lowest BCUT2D eigenvalue weighted by Gasteiger charge is -2.26. The number of rotatable bonds is 5. The summed E-state index contributed by atoms with van der Waals surface area (Å²) in [6, 6.07) is -0.377. The van der Waals surface area contributed by atoms with E-state index in [0.29, 0.717) is 26.2 Å². The molecule has 0 aromatic heterocycles. The number of ether oxygens (including phenoxy) is 1. The summed E-state index contributed by atoms with van der Waals surface area (Å²) in [5, 5.41) is 14.9. The van der Waals surface area contributed by atoms with Gasteiger partial charge in [-0.25, -0.2) is 0 Å². The molecule has 0 radical (unpaired) electrons. The molecule has 0 aromatic rings. The van der Waals surface area contributed by atoms with E-state index in [4.69, 9.17) is 9.84 Å². The van der Waals surface area contributed by atoms with Gasteiger partial charge in [0.05, 0.1) is 19.1 Å². The molecular weight excluding hydrogens is 248 g/mol. The molecule has 110 valence electrons. The number of aliphatic carboxylic acids is 1. The molecular formula is C13H24N2O4. The second kappa shape index (κ2) is 6.86. The maximum absolute atomic E-state index is 11.8. The van der Waals surface area contributed by atoms with Crippen molar-refractivity contribution in [3.8, 4) is 0 Å². The molecule has 1 heterocycles. The van der Waals surface area contributed by atoms with Gasteiger partial charge in [-0.1, -0.05) is 20.8 Å². The summed E-state index contributed by atoms with van der Waals surface area (Å²) in [7, 11) is 0. The molecule has 0 aromatic carbocycles. The highest BCUT2D eigenvalue weighted by atomic mass is 16.5. The largest absolute Gasteiger partial charge is 0.481 e. The molecule has 3 N–H and O–H groups in total. The van der Waals surface area contributed by atoms with Crippen molar-refractivity contribution in [3.05, 3.63) is 0 Å². The summed E-state index contributed by atoms with van der Waals surface area (Å²) in [5.74, 6) is -1.63. The van der Waals surface area contributed by atoms with Gasteiger partial charge in [0.2, 0.25) is 5.91 Å². The number of carboxylic acid groups (broad SMARTS) is 1. The van der Waals surface area contributed by atoms with Gasteiger partial charge in [-0.15, -0.1) is 0 Å². The highest BCUT2D eigenvalue weighted by Gasteiger charge is 2.27. The first-order valence-corrected chi connectivity index (χ1v) is 6.61. The molecule has 1 aliphatic rings. The van der Waals surface area contributed by atoms with Gasteiger partial charge >= 0.3 is 5.97 Å². The molecule has 6 heteroatoms. The third kappa shape index (κ3) is 6.02. The molecule has 2 atom stereocenters. The molecule has 0 spiro atoms. The maximum Gasteiger partial charge on any atom is 0.308 e. The zero-order chi connectivity index (χ0) is 14.5. The van der Waals surface area contributed by atoms with Gasteiger partial charge in [-0.3, -0.25) is 9.59 Å². The summed E-state index contributed by atoms with van der Waals surface area (Å²) in [4.78, 5) is 23.0. The Morgan fingerprint density at radius 3 is 2.63 bits per heavy atom. The maximum atomic E-state index is 11.8. The average Bonchev–Trinajstić information content (AvgIpc) is 2.33. The Bertz CT molecular complexity index is 319. The quantitative estimate of drug-likeness (QED) is 0.667. The molecule has 19 heavy (non-hydrogen) atoms. The monoisotopic (exact) mass is 272 g/mol. The minimum atomic E-state index is -0.872. The van der Waals surface area contributed by atoms with E-state index in [0.717, 1.165) is 0 Å². The number of hydrogen-bond acceptors (Lipinski definition) is 4. The van der Waals surface area contributed by atoms with E-state index in [-0.39, 0.29) is 23.9 Å². The molecule has 1 aliphatic heterocycles. The van der Waals surface area contributed by atoms with Crippen LogP contribution in [-0.4, -0.2) is 49.3 Å². The van der Waals surface area contributed by atoms with E-state index in [2.05, 4.69) is 10.6 Å². The molecule has 0 bridgehead atoms. The fourth-order valence-electron chi connectivity index (χ4n) is 2.07. The van der Waals surface area contributed by atoms with Crippen LogP contribution in [0.4, 0.5) is 0 Å². The molecule has 1 rings (SSSR count). The van der Waals surface area contributed by atoms with Crippen LogP contribution in [0.25, 0.3) is 0 Å². The fraction of sp³-hybridized carbons (Fsp3) is 0.846. The van der Waals surface area contributed by atoms with Crippen LogP contribution in [-0.2, 0) is 14.3 Å². The van der Waals surface area contributed by atoms with Crippen LogP contribution >= 0.6 is 0 Å². The number of amides is 1. The van der Waals surface area contributed by atoms with Crippen LogP contribution in [0, 0.1) is 11.3 Å². The van der Waals surface area contributed by atoms with Crippen molar-refractivity contribution in [1.82, 2.24) is 10.6 Å². The molecule has 0 aliphatic carbocycles. The van der Waals surface area contributed by atoms with Crippen molar-refractivity contribution in [2.24, 2.45) is 11.3 Å². The van der Waals surface area contributed by atoms with Crippen molar-refractivity contribution >= 4 is 11.9 Å². The number of carboxylic acids is 1. The van der Waals surface area contributed by atoms with Gasteiger partial charge in [0.1, 0.15) is 6.04 Å². The zero-order valence-corrected chi connectivity index (χ0v) is 11.9. The van der Waals surface area contributed by atoms with Crippen LogP contribution in [0.5, 0.6) is 0 Å². The molecule has 6 nitrogen and oxygen atoms in total. The van der Waals surface area contributed by atoms with Crippen LogP contribution in [0.15, 0.2) is 0 Å². The summed E-state index contributed by atoms with van der Waals surface area (Å²) < 4.78 is 5.20. The third-order valence-corrected chi connectivity index (χ3v) is 2.97. The zero-order valence-electron chi connectivity index (χ0n) is 11.9. The predicted molar refractivity (Wildman–Crippen MR) is 70.8 cm³/mol.